The minimum atomic E-state index is -0.597. The molecule has 0 aliphatic heterocycles. The molecule has 1 aromatic heterocycles. The maximum Gasteiger partial charge on any atom is 0.355 e. The van der Waals surface area contributed by atoms with Crippen LogP contribution in [0.5, 0.6) is 5.75 Å². The number of carbonyl (C=O) groups excluding carboxylic acids is 1. The van der Waals surface area contributed by atoms with Gasteiger partial charge in [0.1, 0.15) is 11.4 Å². The second-order valence-corrected chi connectivity index (χ2v) is 7.45. The number of benzene rings is 3. The Hall–Kier alpha value is -3.57. The molecule has 4 rings (SSSR count). The first-order valence-corrected chi connectivity index (χ1v) is 10.0. The number of fused-ring (bicyclic) bond motifs is 1. The van der Waals surface area contributed by atoms with E-state index in [2.05, 4.69) is 0 Å². The number of methoxy groups -OCH3 is 2. The molecule has 6 heteroatoms. The SMILES string of the molecule is COC(=O)c1c(Cc2cccc(OC)c2)c(=O)c2ccc(Cl)cc2n1-c1ccccc1. The van der Waals surface area contributed by atoms with Crippen LogP contribution in [0.3, 0.4) is 0 Å². The molecule has 1 heterocycles. The molecule has 0 unspecified atom stereocenters. The summed E-state index contributed by atoms with van der Waals surface area (Å²) in [5, 5.41) is 0.937. The molecule has 0 N–H and O–H groups in total. The first-order chi connectivity index (χ1) is 15.0. The highest BCUT2D eigenvalue weighted by atomic mass is 35.5. The van der Waals surface area contributed by atoms with E-state index < -0.39 is 5.97 Å². The number of ether oxygens (including phenoxy) is 2. The number of para-hydroxylation sites is 1. The molecule has 0 saturated heterocycles. The summed E-state index contributed by atoms with van der Waals surface area (Å²) < 4.78 is 12.1. The van der Waals surface area contributed by atoms with Crippen molar-refractivity contribution in [2.45, 2.75) is 6.42 Å². The van der Waals surface area contributed by atoms with Gasteiger partial charge < -0.3 is 14.0 Å². The topological polar surface area (TPSA) is 57.5 Å². The lowest BCUT2D eigenvalue weighted by molar-refractivity contribution is 0.0590. The molecule has 0 atom stereocenters. The van der Waals surface area contributed by atoms with Crippen LogP contribution in [0, 0.1) is 0 Å². The number of carbonyl (C=O) groups is 1. The molecule has 156 valence electrons. The summed E-state index contributed by atoms with van der Waals surface area (Å²) in [6.07, 6.45) is 0.242. The van der Waals surface area contributed by atoms with Crippen LogP contribution >= 0.6 is 11.6 Å². The van der Waals surface area contributed by atoms with Crippen LogP contribution in [-0.2, 0) is 11.2 Å². The molecule has 0 saturated carbocycles. The van der Waals surface area contributed by atoms with Gasteiger partial charge in [-0.3, -0.25) is 4.79 Å². The van der Waals surface area contributed by atoms with E-state index in [0.717, 1.165) is 11.3 Å². The molecule has 0 radical (unpaired) electrons. The van der Waals surface area contributed by atoms with Gasteiger partial charge in [0.2, 0.25) is 0 Å². The van der Waals surface area contributed by atoms with E-state index in [-0.39, 0.29) is 17.5 Å². The van der Waals surface area contributed by atoms with Crippen molar-refractivity contribution in [3.05, 3.63) is 105 Å². The molecular weight excluding hydrogens is 414 g/mol. The Kier molecular flexibility index (Phi) is 5.78. The predicted octanol–water partition coefficient (Wildman–Crippen LogP) is 5.03. The van der Waals surface area contributed by atoms with E-state index in [0.29, 0.717) is 27.2 Å². The molecule has 0 aliphatic carbocycles. The first kappa shape index (κ1) is 20.7. The van der Waals surface area contributed by atoms with Crippen molar-refractivity contribution < 1.29 is 14.3 Å². The molecule has 0 aliphatic rings. The summed E-state index contributed by atoms with van der Waals surface area (Å²) in [5.41, 5.74) is 2.40. The number of hydrogen-bond donors (Lipinski definition) is 0. The van der Waals surface area contributed by atoms with Gasteiger partial charge in [-0.1, -0.05) is 41.9 Å². The fourth-order valence-electron chi connectivity index (χ4n) is 3.71. The zero-order valence-corrected chi connectivity index (χ0v) is 17.8. The molecule has 0 amide bonds. The number of aromatic nitrogens is 1. The van der Waals surface area contributed by atoms with Crippen LogP contribution in [0.2, 0.25) is 5.02 Å². The number of pyridine rings is 1. The van der Waals surface area contributed by atoms with E-state index in [4.69, 9.17) is 21.1 Å². The van der Waals surface area contributed by atoms with Crippen LogP contribution in [0.15, 0.2) is 77.6 Å². The van der Waals surface area contributed by atoms with Crippen LogP contribution < -0.4 is 10.2 Å². The summed E-state index contributed by atoms with van der Waals surface area (Å²) in [5.74, 6) is 0.0776. The van der Waals surface area contributed by atoms with E-state index in [9.17, 15) is 9.59 Å². The zero-order chi connectivity index (χ0) is 22.0. The fourth-order valence-corrected chi connectivity index (χ4v) is 3.88. The number of rotatable bonds is 5. The van der Waals surface area contributed by atoms with E-state index in [1.165, 1.54) is 7.11 Å². The first-order valence-electron chi connectivity index (χ1n) is 9.67. The Morgan fingerprint density at radius 1 is 0.968 bits per heavy atom. The summed E-state index contributed by atoms with van der Waals surface area (Å²) in [7, 11) is 2.89. The second kappa shape index (κ2) is 8.66. The van der Waals surface area contributed by atoms with Crippen molar-refractivity contribution in [3.63, 3.8) is 0 Å². The molecule has 0 bridgehead atoms. The third-order valence-electron chi connectivity index (χ3n) is 5.14. The lowest BCUT2D eigenvalue weighted by Crippen LogP contribution is -2.24. The van der Waals surface area contributed by atoms with Crippen molar-refractivity contribution in [2.24, 2.45) is 0 Å². The highest BCUT2D eigenvalue weighted by molar-refractivity contribution is 6.31. The lowest BCUT2D eigenvalue weighted by atomic mass is 9.99. The van der Waals surface area contributed by atoms with E-state index in [1.54, 1.807) is 29.9 Å². The van der Waals surface area contributed by atoms with Crippen LogP contribution in [-0.4, -0.2) is 24.8 Å². The molecule has 0 fully saturated rings. The van der Waals surface area contributed by atoms with Crippen LogP contribution in [0.4, 0.5) is 0 Å². The third-order valence-corrected chi connectivity index (χ3v) is 5.37. The van der Waals surface area contributed by atoms with Gasteiger partial charge in [0, 0.05) is 28.1 Å². The van der Waals surface area contributed by atoms with Gasteiger partial charge >= 0.3 is 5.97 Å². The minimum absolute atomic E-state index is 0.177. The lowest BCUT2D eigenvalue weighted by Gasteiger charge is -2.19. The monoisotopic (exact) mass is 433 g/mol. The summed E-state index contributed by atoms with van der Waals surface area (Å²) in [6.45, 7) is 0. The van der Waals surface area contributed by atoms with Gasteiger partial charge in [0.05, 0.1) is 19.7 Å². The normalized spacial score (nSPS) is 10.8. The van der Waals surface area contributed by atoms with Crippen molar-refractivity contribution in [1.82, 2.24) is 4.57 Å². The Labute approximate surface area is 184 Å². The van der Waals surface area contributed by atoms with E-state index >= 15 is 0 Å². The van der Waals surface area contributed by atoms with Crippen LogP contribution in [0.1, 0.15) is 21.6 Å². The summed E-state index contributed by atoms with van der Waals surface area (Å²) in [4.78, 5) is 26.5. The molecule has 4 aromatic rings. The van der Waals surface area contributed by atoms with Crippen molar-refractivity contribution in [3.8, 4) is 11.4 Å². The average Bonchev–Trinajstić information content (AvgIpc) is 2.80. The van der Waals surface area contributed by atoms with Crippen molar-refractivity contribution in [2.75, 3.05) is 14.2 Å². The number of hydrogen-bond acceptors (Lipinski definition) is 4. The minimum Gasteiger partial charge on any atom is -0.497 e. The average molecular weight is 434 g/mol. The Bertz CT molecular complexity index is 1330. The Morgan fingerprint density at radius 3 is 2.45 bits per heavy atom. The number of halogens is 1. The smallest absolute Gasteiger partial charge is 0.355 e. The van der Waals surface area contributed by atoms with Gasteiger partial charge in [-0.15, -0.1) is 0 Å². The molecular formula is C25H20ClNO4. The van der Waals surface area contributed by atoms with Gasteiger partial charge in [0.15, 0.2) is 5.43 Å². The highest BCUT2D eigenvalue weighted by Gasteiger charge is 2.24. The Balaban J connectivity index is 2.10. The highest BCUT2D eigenvalue weighted by Crippen LogP contribution is 2.27. The maximum atomic E-state index is 13.5. The van der Waals surface area contributed by atoms with E-state index in [1.807, 2.05) is 54.6 Å². The molecule has 5 nitrogen and oxygen atoms in total. The van der Waals surface area contributed by atoms with Gasteiger partial charge in [-0.2, -0.15) is 0 Å². The Morgan fingerprint density at radius 2 is 1.74 bits per heavy atom. The number of nitrogens with zero attached hydrogens (tertiary/aromatic N) is 1. The van der Waals surface area contributed by atoms with Crippen molar-refractivity contribution >= 4 is 28.5 Å². The van der Waals surface area contributed by atoms with Gasteiger partial charge in [-0.25, -0.2) is 4.79 Å². The van der Waals surface area contributed by atoms with Crippen molar-refractivity contribution in [1.29, 1.82) is 0 Å². The zero-order valence-electron chi connectivity index (χ0n) is 17.1. The molecule has 31 heavy (non-hydrogen) atoms. The maximum absolute atomic E-state index is 13.5. The van der Waals surface area contributed by atoms with Crippen LogP contribution in [0.25, 0.3) is 16.6 Å². The summed E-state index contributed by atoms with van der Waals surface area (Å²) >= 11 is 6.25. The fraction of sp³-hybridized carbons (Fsp3) is 0.120. The quantitative estimate of drug-likeness (QED) is 0.414. The van der Waals surface area contributed by atoms with Gasteiger partial charge in [-0.05, 0) is 48.0 Å². The largest absolute Gasteiger partial charge is 0.497 e. The second-order valence-electron chi connectivity index (χ2n) is 7.01. The van der Waals surface area contributed by atoms with Gasteiger partial charge in [0.25, 0.3) is 0 Å². The third kappa shape index (κ3) is 3.92. The summed E-state index contributed by atoms with van der Waals surface area (Å²) in [6, 6.07) is 21.8. The molecule has 3 aromatic carbocycles. The predicted molar refractivity (Wildman–Crippen MR) is 122 cm³/mol. The standard InChI is InChI=1S/C25H20ClNO4/c1-30-19-10-6-7-16(13-19)14-21-23(25(29)31-2)27(18-8-4-3-5-9-18)22-15-17(26)11-12-20(22)24(21)28/h3-13,15H,14H2,1-2H3. The number of esters is 1. The molecule has 0 spiro atoms.